The van der Waals surface area contributed by atoms with E-state index in [0.29, 0.717) is 31.6 Å². The summed E-state index contributed by atoms with van der Waals surface area (Å²) in [6, 6.07) is 4.63. The molecule has 5 nitrogen and oxygen atoms in total. The lowest BCUT2D eigenvalue weighted by molar-refractivity contribution is -0.141. The van der Waals surface area contributed by atoms with Crippen molar-refractivity contribution in [1.82, 2.24) is 15.1 Å². The first kappa shape index (κ1) is 16.6. The summed E-state index contributed by atoms with van der Waals surface area (Å²) < 4.78 is 43.2. The van der Waals surface area contributed by atoms with Gasteiger partial charge in [0.25, 0.3) is 0 Å². The second-order valence-corrected chi connectivity index (χ2v) is 5.96. The Labute approximate surface area is 136 Å². The molecule has 0 aliphatic carbocycles. The molecule has 0 saturated carbocycles. The number of aromatic nitrogens is 2. The number of H-pyrrole nitrogens is 1. The van der Waals surface area contributed by atoms with Crippen molar-refractivity contribution in [2.24, 2.45) is 0 Å². The van der Waals surface area contributed by atoms with E-state index in [1.165, 1.54) is 0 Å². The second kappa shape index (κ2) is 6.70. The van der Waals surface area contributed by atoms with E-state index < -0.39 is 11.9 Å². The number of hydrogen-bond donors (Lipinski definition) is 1. The fourth-order valence-electron chi connectivity index (χ4n) is 2.99. The molecule has 1 unspecified atom stereocenters. The van der Waals surface area contributed by atoms with Crippen LogP contribution in [-0.4, -0.2) is 34.1 Å². The Kier molecular flexibility index (Phi) is 4.64. The minimum Gasteiger partial charge on any atom is -0.469 e. The first-order chi connectivity index (χ1) is 11.4. The van der Waals surface area contributed by atoms with Gasteiger partial charge in [0, 0.05) is 37.5 Å². The van der Waals surface area contributed by atoms with Crippen LogP contribution in [0.15, 0.2) is 28.9 Å². The average Bonchev–Trinajstić information content (AvgIpc) is 3.23. The summed E-state index contributed by atoms with van der Waals surface area (Å²) in [6.07, 6.45) is -0.541. The second-order valence-electron chi connectivity index (χ2n) is 5.96. The van der Waals surface area contributed by atoms with Gasteiger partial charge in [-0.1, -0.05) is 0 Å². The highest BCUT2D eigenvalue weighted by molar-refractivity contribution is 5.76. The lowest BCUT2D eigenvalue weighted by Gasteiger charge is -2.32. The van der Waals surface area contributed by atoms with Gasteiger partial charge in [0.1, 0.15) is 5.76 Å². The third-order valence-corrected chi connectivity index (χ3v) is 4.27. The Morgan fingerprint density at radius 1 is 1.46 bits per heavy atom. The molecular formula is C16H18F3N3O2. The summed E-state index contributed by atoms with van der Waals surface area (Å²) in [4.78, 5) is 14.0. The number of rotatable bonds is 4. The summed E-state index contributed by atoms with van der Waals surface area (Å²) >= 11 is 0. The molecule has 1 aliphatic heterocycles. The highest BCUT2D eigenvalue weighted by Crippen LogP contribution is 2.32. The minimum atomic E-state index is -4.46. The van der Waals surface area contributed by atoms with Crippen LogP contribution in [0.25, 0.3) is 0 Å². The number of piperidine rings is 1. The molecule has 0 spiro atoms. The van der Waals surface area contributed by atoms with Gasteiger partial charge >= 0.3 is 6.18 Å². The van der Waals surface area contributed by atoms with Crippen molar-refractivity contribution in [2.45, 2.75) is 37.8 Å². The van der Waals surface area contributed by atoms with Crippen molar-refractivity contribution in [3.05, 3.63) is 41.6 Å². The zero-order valence-corrected chi connectivity index (χ0v) is 13.0. The smallest absolute Gasteiger partial charge is 0.435 e. The Morgan fingerprint density at radius 3 is 2.96 bits per heavy atom. The number of likely N-dealkylation sites (tertiary alicyclic amines) is 1. The maximum absolute atomic E-state index is 12.7. The van der Waals surface area contributed by atoms with Gasteiger partial charge in [0.2, 0.25) is 5.91 Å². The Hall–Kier alpha value is -2.25. The van der Waals surface area contributed by atoms with Gasteiger partial charge in [-0.05, 0) is 31.0 Å². The number of amides is 1. The van der Waals surface area contributed by atoms with E-state index in [2.05, 4.69) is 10.2 Å². The molecule has 24 heavy (non-hydrogen) atoms. The van der Waals surface area contributed by atoms with Gasteiger partial charge in [0.15, 0.2) is 5.69 Å². The summed E-state index contributed by atoms with van der Waals surface area (Å²) in [5.74, 6) is 0.599. The molecule has 0 radical (unpaired) electrons. The molecule has 1 fully saturated rings. The summed E-state index contributed by atoms with van der Waals surface area (Å²) in [7, 11) is 0. The normalized spacial score (nSPS) is 18.8. The maximum atomic E-state index is 12.7. The molecule has 0 bridgehead atoms. The van der Waals surface area contributed by atoms with E-state index in [1.807, 2.05) is 6.07 Å². The molecule has 1 amide bonds. The van der Waals surface area contributed by atoms with E-state index in [-0.39, 0.29) is 11.8 Å². The molecule has 2 aromatic heterocycles. The van der Waals surface area contributed by atoms with Crippen LogP contribution in [0.5, 0.6) is 0 Å². The van der Waals surface area contributed by atoms with Gasteiger partial charge in [-0.15, -0.1) is 0 Å². The highest BCUT2D eigenvalue weighted by atomic mass is 19.4. The molecule has 3 heterocycles. The SMILES string of the molecule is O=C(CCc1ccco1)N1CCCC(c2cc(C(F)(F)F)n[nH]2)C1. The number of carbonyl (C=O) groups excluding carboxylic acids is 1. The van der Waals surface area contributed by atoms with Crippen molar-refractivity contribution in [1.29, 1.82) is 0 Å². The average molecular weight is 341 g/mol. The van der Waals surface area contributed by atoms with Gasteiger partial charge in [-0.3, -0.25) is 9.89 Å². The van der Waals surface area contributed by atoms with Gasteiger partial charge in [0.05, 0.1) is 6.26 Å². The van der Waals surface area contributed by atoms with E-state index in [9.17, 15) is 18.0 Å². The third-order valence-electron chi connectivity index (χ3n) is 4.27. The molecule has 8 heteroatoms. The lowest BCUT2D eigenvalue weighted by Crippen LogP contribution is -2.39. The summed E-state index contributed by atoms with van der Waals surface area (Å²) in [5, 5.41) is 5.81. The van der Waals surface area contributed by atoms with Gasteiger partial charge < -0.3 is 9.32 Å². The van der Waals surface area contributed by atoms with Gasteiger partial charge in [-0.2, -0.15) is 18.3 Å². The minimum absolute atomic E-state index is 0.00772. The molecular weight excluding hydrogens is 323 g/mol. The van der Waals surface area contributed by atoms with E-state index >= 15 is 0 Å². The van der Waals surface area contributed by atoms with Crippen molar-refractivity contribution in [3.8, 4) is 0 Å². The Balaban J connectivity index is 1.59. The first-order valence-electron chi connectivity index (χ1n) is 7.86. The predicted octanol–water partition coefficient (Wildman–Crippen LogP) is 3.36. The van der Waals surface area contributed by atoms with Gasteiger partial charge in [-0.25, -0.2) is 0 Å². The Bertz CT molecular complexity index is 679. The van der Waals surface area contributed by atoms with E-state index in [1.54, 1.807) is 17.2 Å². The molecule has 130 valence electrons. The molecule has 1 saturated heterocycles. The van der Waals surface area contributed by atoms with Crippen LogP contribution < -0.4 is 0 Å². The molecule has 1 atom stereocenters. The number of nitrogens with zero attached hydrogens (tertiary/aromatic N) is 2. The highest BCUT2D eigenvalue weighted by Gasteiger charge is 2.35. The van der Waals surface area contributed by atoms with Crippen LogP contribution >= 0.6 is 0 Å². The van der Waals surface area contributed by atoms with Crippen LogP contribution in [0.4, 0.5) is 13.2 Å². The van der Waals surface area contributed by atoms with Crippen molar-refractivity contribution in [2.75, 3.05) is 13.1 Å². The monoisotopic (exact) mass is 341 g/mol. The summed E-state index contributed by atoms with van der Waals surface area (Å²) in [6.45, 7) is 1.05. The van der Waals surface area contributed by atoms with Crippen molar-refractivity contribution >= 4 is 5.91 Å². The fourth-order valence-corrected chi connectivity index (χ4v) is 2.99. The zero-order valence-electron chi connectivity index (χ0n) is 13.0. The number of halogens is 3. The number of furan rings is 1. The maximum Gasteiger partial charge on any atom is 0.435 e. The molecule has 1 aliphatic rings. The van der Waals surface area contributed by atoms with Crippen LogP contribution in [0.3, 0.4) is 0 Å². The number of alkyl halides is 3. The van der Waals surface area contributed by atoms with Crippen LogP contribution in [0, 0.1) is 0 Å². The topological polar surface area (TPSA) is 62.1 Å². The number of aryl methyl sites for hydroxylation is 1. The summed E-state index contributed by atoms with van der Waals surface area (Å²) in [5.41, 5.74) is -0.482. The zero-order chi connectivity index (χ0) is 17.2. The quantitative estimate of drug-likeness (QED) is 0.927. The molecule has 1 N–H and O–H groups in total. The van der Waals surface area contributed by atoms with Crippen molar-refractivity contribution in [3.63, 3.8) is 0 Å². The van der Waals surface area contributed by atoms with Crippen LogP contribution in [-0.2, 0) is 17.4 Å². The number of carbonyl (C=O) groups is 1. The molecule has 3 rings (SSSR count). The number of nitrogens with one attached hydrogen (secondary N) is 1. The number of aromatic amines is 1. The lowest BCUT2D eigenvalue weighted by atomic mass is 9.94. The van der Waals surface area contributed by atoms with Crippen LogP contribution in [0.2, 0.25) is 0 Å². The number of hydrogen-bond acceptors (Lipinski definition) is 3. The largest absolute Gasteiger partial charge is 0.469 e. The van der Waals surface area contributed by atoms with E-state index in [0.717, 1.165) is 24.7 Å². The first-order valence-corrected chi connectivity index (χ1v) is 7.86. The van der Waals surface area contributed by atoms with Crippen molar-refractivity contribution < 1.29 is 22.4 Å². The van der Waals surface area contributed by atoms with Crippen LogP contribution in [0.1, 0.15) is 42.3 Å². The predicted molar refractivity (Wildman–Crippen MR) is 79.2 cm³/mol. The standard InChI is InChI=1S/C16H18F3N3O2/c17-16(18,19)14-9-13(20-21-14)11-3-1-7-22(10-11)15(23)6-5-12-4-2-8-24-12/h2,4,8-9,11H,1,3,5-7,10H2,(H,20,21). The van der Waals surface area contributed by atoms with E-state index in [4.69, 9.17) is 4.42 Å². The fraction of sp³-hybridized carbons (Fsp3) is 0.500. The Morgan fingerprint density at radius 2 is 2.29 bits per heavy atom. The third kappa shape index (κ3) is 3.80. The molecule has 0 aromatic carbocycles. The molecule has 2 aromatic rings.